The second-order valence-corrected chi connectivity index (χ2v) is 7.51. The van der Waals surface area contributed by atoms with Crippen molar-refractivity contribution in [1.29, 1.82) is 0 Å². The quantitative estimate of drug-likeness (QED) is 0.456. The lowest BCUT2D eigenvalue weighted by Crippen LogP contribution is -2.40. The Morgan fingerprint density at radius 3 is 1.63 bits per heavy atom. The molecule has 3 aromatic rings. The molecule has 1 aliphatic heterocycles. The Morgan fingerprint density at radius 1 is 0.667 bits per heavy atom. The van der Waals surface area contributed by atoms with E-state index in [9.17, 15) is 0 Å². The van der Waals surface area contributed by atoms with Crippen molar-refractivity contribution in [1.82, 2.24) is 0 Å². The molecule has 1 aliphatic carbocycles. The van der Waals surface area contributed by atoms with E-state index in [0.29, 0.717) is 6.10 Å². The topological polar surface area (TPSA) is 21.8 Å². The van der Waals surface area contributed by atoms with E-state index in [1.165, 1.54) is 12.8 Å². The first-order valence-corrected chi connectivity index (χ1v) is 9.88. The van der Waals surface area contributed by atoms with Gasteiger partial charge in [-0.15, -0.1) is 0 Å². The highest BCUT2D eigenvalue weighted by Gasteiger charge is 2.51. The molecule has 1 saturated carbocycles. The molecule has 2 aliphatic rings. The fourth-order valence-corrected chi connectivity index (χ4v) is 4.48. The molecule has 136 valence electrons. The maximum absolute atomic E-state index is 7.07. The maximum atomic E-state index is 7.07. The molecule has 0 aromatic heterocycles. The van der Waals surface area contributed by atoms with Gasteiger partial charge in [0.05, 0.1) is 12.2 Å². The molecule has 2 heteroatoms. The van der Waals surface area contributed by atoms with Gasteiger partial charge in [-0.25, -0.2) is 0 Å². The van der Waals surface area contributed by atoms with Crippen molar-refractivity contribution < 1.29 is 9.47 Å². The molecular formula is C25H24O2. The Bertz CT molecular complexity index is 779. The monoisotopic (exact) mass is 356 g/mol. The number of fused-ring (bicyclic) bond motifs is 1. The van der Waals surface area contributed by atoms with Crippen LogP contribution in [-0.2, 0) is 15.1 Å². The SMILES string of the molecule is c1ccc(C(OC2CCCC3OC32)(c2ccccc2)c2ccccc2)cc1. The second kappa shape index (κ2) is 6.95. The van der Waals surface area contributed by atoms with Crippen LogP contribution in [0.3, 0.4) is 0 Å². The molecule has 27 heavy (non-hydrogen) atoms. The van der Waals surface area contributed by atoms with Gasteiger partial charge in [0, 0.05) is 0 Å². The van der Waals surface area contributed by atoms with Crippen molar-refractivity contribution in [3.8, 4) is 0 Å². The molecule has 3 aromatic carbocycles. The number of rotatable bonds is 5. The van der Waals surface area contributed by atoms with Gasteiger partial charge in [0.15, 0.2) is 0 Å². The summed E-state index contributed by atoms with van der Waals surface area (Å²) in [6, 6.07) is 31.8. The Morgan fingerprint density at radius 2 is 1.15 bits per heavy atom. The van der Waals surface area contributed by atoms with E-state index >= 15 is 0 Å². The summed E-state index contributed by atoms with van der Waals surface area (Å²) in [5.41, 5.74) is 2.84. The van der Waals surface area contributed by atoms with Gasteiger partial charge in [-0.3, -0.25) is 0 Å². The summed E-state index contributed by atoms with van der Waals surface area (Å²) in [5, 5.41) is 0. The second-order valence-electron chi connectivity index (χ2n) is 7.51. The first-order chi connectivity index (χ1) is 13.4. The molecule has 0 amide bonds. The van der Waals surface area contributed by atoms with Gasteiger partial charge in [-0.2, -0.15) is 0 Å². The summed E-state index contributed by atoms with van der Waals surface area (Å²) in [6.45, 7) is 0. The molecular weight excluding hydrogens is 332 g/mol. The van der Waals surface area contributed by atoms with Gasteiger partial charge in [0.25, 0.3) is 0 Å². The van der Waals surface area contributed by atoms with E-state index in [4.69, 9.17) is 9.47 Å². The summed E-state index contributed by atoms with van der Waals surface area (Å²) in [7, 11) is 0. The average molecular weight is 356 g/mol. The molecule has 0 bridgehead atoms. The molecule has 5 rings (SSSR count). The number of benzene rings is 3. The van der Waals surface area contributed by atoms with Crippen LogP contribution in [0.1, 0.15) is 36.0 Å². The zero-order valence-corrected chi connectivity index (χ0v) is 15.3. The third-order valence-corrected chi connectivity index (χ3v) is 5.83. The Kier molecular flexibility index (Phi) is 4.31. The highest BCUT2D eigenvalue weighted by Crippen LogP contribution is 2.46. The zero-order chi connectivity index (χ0) is 18.1. The van der Waals surface area contributed by atoms with Crippen molar-refractivity contribution in [2.45, 2.75) is 43.2 Å². The van der Waals surface area contributed by atoms with Gasteiger partial charge < -0.3 is 9.47 Å². The number of hydrogen-bond donors (Lipinski definition) is 0. The van der Waals surface area contributed by atoms with Crippen molar-refractivity contribution in [2.24, 2.45) is 0 Å². The van der Waals surface area contributed by atoms with E-state index in [1.54, 1.807) is 0 Å². The van der Waals surface area contributed by atoms with Crippen LogP contribution in [0.5, 0.6) is 0 Å². The zero-order valence-electron chi connectivity index (χ0n) is 15.3. The van der Waals surface area contributed by atoms with E-state index in [2.05, 4.69) is 91.0 Å². The summed E-state index contributed by atoms with van der Waals surface area (Å²) < 4.78 is 13.0. The normalized spacial score (nSPS) is 24.2. The Labute approximate surface area is 160 Å². The van der Waals surface area contributed by atoms with Gasteiger partial charge in [0.2, 0.25) is 0 Å². The molecule has 0 spiro atoms. The first kappa shape index (κ1) is 16.7. The minimum atomic E-state index is -0.637. The molecule has 2 fully saturated rings. The van der Waals surface area contributed by atoms with Crippen molar-refractivity contribution in [3.63, 3.8) is 0 Å². The third-order valence-electron chi connectivity index (χ3n) is 5.83. The summed E-state index contributed by atoms with van der Waals surface area (Å²) >= 11 is 0. The van der Waals surface area contributed by atoms with Crippen LogP contribution in [-0.4, -0.2) is 18.3 Å². The van der Waals surface area contributed by atoms with Crippen LogP contribution in [0.25, 0.3) is 0 Å². The highest BCUT2D eigenvalue weighted by atomic mass is 16.6. The van der Waals surface area contributed by atoms with Crippen LogP contribution in [0.15, 0.2) is 91.0 Å². The van der Waals surface area contributed by atoms with Gasteiger partial charge >= 0.3 is 0 Å². The summed E-state index contributed by atoms with van der Waals surface area (Å²) in [5.74, 6) is 0. The van der Waals surface area contributed by atoms with Crippen LogP contribution >= 0.6 is 0 Å². The minimum Gasteiger partial charge on any atom is -0.367 e. The van der Waals surface area contributed by atoms with Crippen molar-refractivity contribution in [2.75, 3.05) is 0 Å². The van der Waals surface area contributed by atoms with Crippen molar-refractivity contribution >= 4 is 0 Å². The maximum Gasteiger partial charge on any atom is 0.144 e. The summed E-state index contributed by atoms with van der Waals surface area (Å²) in [6.07, 6.45) is 4.14. The lowest BCUT2D eigenvalue weighted by molar-refractivity contribution is -0.0646. The molecule has 1 saturated heterocycles. The lowest BCUT2D eigenvalue weighted by Gasteiger charge is -2.39. The number of epoxide rings is 1. The van der Waals surface area contributed by atoms with Crippen LogP contribution < -0.4 is 0 Å². The van der Waals surface area contributed by atoms with E-state index in [0.717, 1.165) is 23.1 Å². The predicted molar refractivity (Wildman–Crippen MR) is 107 cm³/mol. The van der Waals surface area contributed by atoms with E-state index in [1.807, 2.05) is 0 Å². The highest BCUT2D eigenvalue weighted by molar-refractivity contribution is 5.47. The van der Waals surface area contributed by atoms with E-state index in [-0.39, 0.29) is 12.2 Å². The third kappa shape index (κ3) is 2.99. The minimum absolute atomic E-state index is 0.115. The fraction of sp³-hybridized carbons (Fsp3) is 0.280. The average Bonchev–Trinajstić information content (AvgIpc) is 3.55. The molecule has 0 N–H and O–H groups in total. The first-order valence-electron chi connectivity index (χ1n) is 9.88. The number of hydrogen-bond acceptors (Lipinski definition) is 2. The Balaban J connectivity index is 1.69. The lowest BCUT2D eigenvalue weighted by atomic mass is 9.79. The van der Waals surface area contributed by atoms with Crippen molar-refractivity contribution in [3.05, 3.63) is 108 Å². The predicted octanol–water partition coefficient (Wildman–Crippen LogP) is 5.32. The smallest absolute Gasteiger partial charge is 0.144 e. The standard InChI is InChI=1S/C25H24O2/c1-4-11-19(12-5-1)25(20-13-6-2-7-14-20,21-15-8-3-9-16-21)27-23-18-10-17-22-24(23)26-22/h1-9,11-16,22-24H,10,17-18H2. The van der Waals surface area contributed by atoms with Crippen LogP contribution in [0.2, 0.25) is 0 Å². The Hall–Kier alpha value is -2.42. The van der Waals surface area contributed by atoms with Crippen LogP contribution in [0, 0.1) is 0 Å². The molecule has 3 unspecified atom stereocenters. The summed E-state index contributed by atoms with van der Waals surface area (Å²) in [4.78, 5) is 0. The van der Waals surface area contributed by atoms with Gasteiger partial charge in [-0.05, 0) is 36.0 Å². The van der Waals surface area contributed by atoms with Gasteiger partial charge in [-0.1, -0.05) is 91.0 Å². The largest absolute Gasteiger partial charge is 0.367 e. The van der Waals surface area contributed by atoms with Gasteiger partial charge in [0.1, 0.15) is 11.7 Å². The molecule has 2 nitrogen and oxygen atoms in total. The van der Waals surface area contributed by atoms with Crippen LogP contribution in [0.4, 0.5) is 0 Å². The molecule has 1 heterocycles. The molecule has 3 atom stereocenters. The molecule has 0 radical (unpaired) electrons. The van der Waals surface area contributed by atoms with E-state index < -0.39 is 5.60 Å². The fourth-order valence-electron chi connectivity index (χ4n) is 4.48. The number of ether oxygens (including phenoxy) is 2.